The van der Waals surface area contributed by atoms with Crippen molar-refractivity contribution in [2.24, 2.45) is 0 Å². The molecule has 0 aliphatic rings. The molecule has 0 aromatic rings. The third kappa shape index (κ3) is 3280. The summed E-state index contributed by atoms with van der Waals surface area (Å²) in [6, 6.07) is 0. The van der Waals surface area contributed by atoms with E-state index in [9.17, 15) is 0 Å². The first-order chi connectivity index (χ1) is 4.24. The standard InChI is InChI=1S/3CH2O2.3Na.6H2O/c3*2-1-3;;;;;;;;;/h3*1H,(H,2,3);;;;6*1H2/q;;;3*+1;;;;;;/p-3. The minimum atomic E-state index is -0.500. The Labute approximate surface area is 168 Å². The van der Waals surface area contributed by atoms with Crippen LogP contribution in [-0.2, 0) is 14.4 Å². The average molecular weight is 312 g/mol. The number of carboxylic acid groups (broad SMARTS) is 3. The Hall–Kier alpha value is 1.17. The molecule has 0 aliphatic carbocycles. The molecule has 0 fully saturated rings. The van der Waals surface area contributed by atoms with E-state index in [0.29, 0.717) is 0 Å². The van der Waals surface area contributed by atoms with E-state index in [-0.39, 0.29) is 122 Å². The maximum Gasteiger partial charge on any atom is 1.00 e. The van der Waals surface area contributed by atoms with Gasteiger partial charge in [-0.05, 0) is 0 Å². The monoisotopic (exact) mass is 312 g/mol. The predicted octanol–water partition coefficient (Wildman–Crippen LogP) is -18.8. The molecule has 0 rings (SSSR count). The molecule has 0 aromatic heterocycles. The molecule has 0 amide bonds. The van der Waals surface area contributed by atoms with Crippen molar-refractivity contribution in [3.63, 3.8) is 0 Å². The number of rotatable bonds is 0. The van der Waals surface area contributed by atoms with E-state index < -0.39 is 19.4 Å². The number of hydrogen-bond donors (Lipinski definition) is 0. The van der Waals surface area contributed by atoms with Crippen LogP contribution in [0.15, 0.2) is 0 Å². The van der Waals surface area contributed by atoms with Crippen molar-refractivity contribution in [2.45, 2.75) is 0 Å². The van der Waals surface area contributed by atoms with Gasteiger partial charge < -0.3 is 62.6 Å². The molecule has 102 valence electrons. The van der Waals surface area contributed by atoms with E-state index in [1.54, 1.807) is 0 Å². The first kappa shape index (κ1) is 123. The van der Waals surface area contributed by atoms with Crippen molar-refractivity contribution >= 4 is 19.4 Å². The van der Waals surface area contributed by atoms with Crippen LogP contribution < -0.4 is 104 Å². The summed E-state index contributed by atoms with van der Waals surface area (Å²) in [5, 5.41) is 24.8. The van der Waals surface area contributed by atoms with Crippen LogP contribution in [0.3, 0.4) is 0 Å². The first-order valence-corrected chi connectivity index (χ1v) is 1.41. The van der Waals surface area contributed by atoms with Gasteiger partial charge in [0, 0.05) is 19.4 Å². The van der Waals surface area contributed by atoms with Gasteiger partial charge in [-0.3, -0.25) is 0 Å². The number of carbonyl (C=O) groups excluding carboxylic acids is 3. The molecule has 0 bridgehead atoms. The van der Waals surface area contributed by atoms with E-state index in [4.69, 9.17) is 29.7 Å². The minimum absolute atomic E-state index is 0. The maximum absolute atomic E-state index is 8.25. The Morgan fingerprint density at radius 3 is 0.444 bits per heavy atom. The van der Waals surface area contributed by atoms with Gasteiger partial charge in [-0.15, -0.1) is 0 Å². The molecule has 0 saturated heterocycles. The molecule has 12 nitrogen and oxygen atoms in total. The Morgan fingerprint density at radius 2 is 0.444 bits per heavy atom. The molecule has 0 atom stereocenters. The minimum Gasteiger partial charge on any atom is -0.554 e. The Morgan fingerprint density at radius 1 is 0.444 bits per heavy atom. The quantitative estimate of drug-likeness (QED) is 0.308. The summed E-state index contributed by atoms with van der Waals surface area (Å²) in [6.45, 7) is -1.50. The fraction of sp³-hybridized carbons (Fsp3) is 0. The van der Waals surface area contributed by atoms with Gasteiger partial charge in [0.2, 0.25) is 0 Å². The van der Waals surface area contributed by atoms with E-state index in [1.165, 1.54) is 0 Å². The number of carbonyl (C=O) groups is 3. The van der Waals surface area contributed by atoms with Crippen molar-refractivity contribution in [1.82, 2.24) is 0 Å². The van der Waals surface area contributed by atoms with E-state index >= 15 is 0 Å². The van der Waals surface area contributed by atoms with E-state index in [2.05, 4.69) is 0 Å². The second-order valence-corrected chi connectivity index (χ2v) is 0.289. The molecule has 0 aliphatic heterocycles. The second kappa shape index (κ2) is 308. The van der Waals surface area contributed by atoms with Gasteiger partial charge in [-0.1, -0.05) is 0 Å². The zero-order chi connectivity index (χ0) is 8.12. The molecular weight excluding hydrogens is 297 g/mol. The fourth-order valence-corrected chi connectivity index (χ4v) is 0. The SMILES string of the molecule is O.O.O.O.O.O.O=C[O-].O=C[O-].O=C[O-].[Na+].[Na+].[Na+]. The van der Waals surface area contributed by atoms with Gasteiger partial charge in [0.1, 0.15) is 0 Å². The first-order valence-electron chi connectivity index (χ1n) is 1.41. The van der Waals surface area contributed by atoms with Crippen LogP contribution in [0.1, 0.15) is 0 Å². The summed E-state index contributed by atoms with van der Waals surface area (Å²) in [5.74, 6) is 0. The fourth-order valence-electron chi connectivity index (χ4n) is 0. The largest absolute Gasteiger partial charge is 1.00 e. The van der Waals surface area contributed by atoms with Gasteiger partial charge in [-0.2, -0.15) is 0 Å². The van der Waals surface area contributed by atoms with Crippen molar-refractivity contribution < 1.29 is 151 Å². The van der Waals surface area contributed by atoms with Crippen LogP contribution in [0.25, 0.3) is 0 Å². The van der Waals surface area contributed by atoms with Crippen LogP contribution in [0.2, 0.25) is 0 Å². The smallest absolute Gasteiger partial charge is 0.554 e. The topological polar surface area (TPSA) is 309 Å². The average Bonchev–Trinajstić information content (AvgIpc) is 1.70. The zero-order valence-corrected chi connectivity index (χ0v) is 16.2. The Balaban J connectivity index is -0.00000000240. The van der Waals surface area contributed by atoms with Gasteiger partial charge >= 0.3 is 88.7 Å². The summed E-state index contributed by atoms with van der Waals surface area (Å²) in [4.78, 5) is 24.8. The van der Waals surface area contributed by atoms with E-state index in [1.807, 2.05) is 0 Å². The summed E-state index contributed by atoms with van der Waals surface area (Å²) in [6.07, 6.45) is 0. The predicted molar refractivity (Wildman–Crippen MR) is 39.9 cm³/mol. The van der Waals surface area contributed by atoms with Crippen LogP contribution in [0.4, 0.5) is 0 Å². The third-order valence-electron chi connectivity index (χ3n) is 0. The van der Waals surface area contributed by atoms with Crippen LogP contribution in [-0.4, -0.2) is 52.3 Å². The van der Waals surface area contributed by atoms with Gasteiger partial charge in [-0.25, -0.2) is 0 Å². The summed E-state index contributed by atoms with van der Waals surface area (Å²) in [7, 11) is 0. The molecule has 18 heavy (non-hydrogen) atoms. The Kier molecular flexibility index (Phi) is 2110. The second-order valence-electron chi connectivity index (χ2n) is 0.289. The van der Waals surface area contributed by atoms with E-state index in [0.717, 1.165) is 0 Å². The molecule has 15 heteroatoms. The molecule has 0 radical (unpaired) electrons. The molecule has 0 aromatic carbocycles. The summed E-state index contributed by atoms with van der Waals surface area (Å²) >= 11 is 0. The number of hydrogen-bond acceptors (Lipinski definition) is 6. The van der Waals surface area contributed by atoms with Crippen molar-refractivity contribution in [1.29, 1.82) is 0 Å². The molecule has 0 heterocycles. The van der Waals surface area contributed by atoms with Crippen LogP contribution in [0, 0.1) is 0 Å². The van der Waals surface area contributed by atoms with Crippen molar-refractivity contribution in [3.05, 3.63) is 0 Å². The van der Waals surface area contributed by atoms with Crippen molar-refractivity contribution in [2.75, 3.05) is 0 Å². The normalized spacial score (nSPS) is 2.00. The summed E-state index contributed by atoms with van der Waals surface area (Å²) < 4.78 is 0. The molecular formula is C3H15Na3O12. The summed E-state index contributed by atoms with van der Waals surface area (Å²) in [5.41, 5.74) is 0. The van der Waals surface area contributed by atoms with Crippen LogP contribution >= 0.6 is 0 Å². The maximum atomic E-state index is 8.25. The molecule has 0 saturated carbocycles. The molecule has 12 N–H and O–H groups in total. The molecule has 0 unspecified atom stereocenters. The van der Waals surface area contributed by atoms with Gasteiger partial charge in [0.05, 0.1) is 0 Å². The Bertz CT molecular complexity index is 59.3. The molecule has 0 spiro atoms. The van der Waals surface area contributed by atoms with Gasteiger partial charge in [0.25, 0.3) is 0 Å². The zero-order valence-electron chi connectivity index (χ0n) is 10.2. The van der Waals surface area contributed by atoms with Gasteiger partial charge in [0.15, 0.2) is 0 Å². The van der Waals surface area contributed by atoms with Crippen molar-refractivity contribution in [3.8, 4) is 0 Å². The third-order valence-corrected chi connectivity index (χ3v) is 0. The van der Waals surface area contributed by atoms with Crippen LogP contribution in [0.5, 0.6) is 0 Å².